The van der Waals surface area contributed by atoms with Crippen LogP contribution in [0.25, 0.3) is 10.9 Å². The van der Waals surface area contributed by atoms with Crippen LogP contribution in [-0.4, -0.2) is 11.0 Å². The molecular formula is C14H9NO3S. The Hall–Kier alpha value is -2.40. The standard InChI is InChI=1S/C14H9NO3S/c16-13-8-11(9-4-1-2-5-10(9)15-13)18-14(17)12-6-3-7-19-12/h1-8H,(H,15,16). The second kappa shape index (κ2) is 4.70. The van der Waals surface area contributed by atoms with Gasteiger partial charge in [0.2, 0.25) is 0 Å². The number of carbonyl (C=O) groups excluding carboxylic acids is 1. The molecule has 0 bridgehead atoms. The van der Waals surface area contributed by atoms with Crippen LogP contribution in [0.5, 0.6) is 5.75 Å². The predicted octanol–water partition coefficient (Wildman–Crippen LogP) is 2.81. The maximum atomic E-state index is 11.9. The lowest BCUT2D eigenvalue weighted by atomic mass is 10.2. The first-order chi connectivity index (χ1) is 9.24. The Balaban J connectivity index is 2.05. The lowest BCUT2D eigenvalue weighted by molar-refractivity contribution is 0.0742. The Labute approximate surface area is 112 Å². The second-order valence-corrected chi connectivity index (χ2v) is 4.86. The number of hydrogen-bond acceptors (Lipinski definition) is 4. The smallest absolute Gasteiger partial charge is 0.353 e. The summed E-state index contributed by atoms with van der Waals surface area (Å²) >= 11 is 1.30. The van der Waals surface area contributed by atoms with Crippen LogP contribution in [0.2, 0.25) is 0 Å². The average molecular weight is 271 g/mol. The number of carbonyl (C=O) groups is 1. The zero-order valence-corrected chi connectivity index (χ0v) is 10.6. The zero-order valence-electron chi connectivity index (χ0n) is 9.75. The third kappa shape index (κ3) is 2.28. The normalized spacial score (nSPS) is 10.5. The monoisotopic (exact) mass is 271 g/mol. The van der Waals surface area contributed by atoms with Gasteiger partial charge in [-0.25, -0.2) is 4.79 Å². The molecule has 5 heteroatoms. The third-order valence-electron chi connectivity index (χ3n) is 2.64. The van der Waals surface area contributed by atoms with Crippen molar-refractivity contribution in [3.8, 4) is 5.75 Å². The van der Waals surface area contributed by atoms with E-state index in [4.69, 9.17) is 4.74 Å². The molecule has 3 aromatic rings. The quantitative estimate of drug-likeness (QED) is 0.729. The number of hydrogen-bond donors (Lipinski definition) is 1. The number of aromatic amines is 1. The first kappa shape index (κ1) is 11.7. The summed E-state index contributed by atoms with van der Waals surface area (Å²) < 4.78 is 5.30. The van der Waals surface area contributed by atoms with Crippen molar-refractivity contribution in [3.63, 3.8) is 0 Å². The Kier molecular flexibility index (Phi) is 2.89. The molecule has 0 fully saturated rings. The highest BCUT2D eigenvalue weighted by Crippen LogP contribution is 2.23. The maximum absolute atomic E-state index is 11.9. The van der Waals surface area contributed by atoms with Gasteiger partial charge in [0.25, 0.3) is 5.56 Å². The van der Waals surface area contributed by atoms with Crippen molar-refractivity contribution in [1.82, 2.24) is 4.98 Å². The minimum atomic E-state index is -0.453. The van der Waals surface area contributed by atoms with Crippen molar-refractivity contribution >= 4 is 28.2 Å². The Morgan fingerprint density at radius 1 is 1.16 bits per heavy atom. The number of ether oxygens (including phenoxy) is 1. The molecule has 0 aliphatic rings. The Morgan fingerprint density at radius 3 is 2.79 bits per heavy atom. The van der Waals surface area contributed by atoms with E-state index in [9.17, 15) is 9.59 Å². The first-order valence-electron chi connectivity index (χ1n) is 5.62. The van der Waals surface area contributed by atoms with E-state index in [2.05, 4.69) is 4.98 Å². The lowest BCUT2D eigenvalue weighted by Crippen LogP contribution is -2.11. The summed E-state index contributed by atoms with van der Waals surface area (Å²) in [6.45, 7) is 0. The number of nitrogens with one attached hydrogen (secondary N) is 1. The average Bonchev–Trinajstić information content (AvgIpc) is 2.92. The van der Waals surface area contributed by atoms with Crippen LogP contribution in [0, 0.1) is 0 Å². The molecule has 1 N–H and O–H groups in total. The van der Waals surface area contributed by atoms with Crippen LogP contribution in [0.1, 0.15) is 9.67 Å². The van der Waals surface area contributed by atoms with Crippen LogP contribution in [0.15, 0.2) is 52.6 Å². The van der Waals surface area contributed by atoms with Gasteiger partial charge in [0.15, 0.2) is 0 Å². The van der Waals surface area contributed by atoms with E-state index >= 15 is 0 Å². The van der Waals surface area contributed by atoms with E-state index < -0.39 is 5.97 Å². The van der Waals surface area contributed by atoms with E-state index in [0.29, 0.717) is 15.8 Å². The maximum Gasteiger partial charge on any atom is 0.353 e. The molecule has 2 aromatic heterocycles. The van der Waals surface area contributed by atoms with Crippen molar-refractivity contribution in [2.45, 2.75) is 0 Å². The van der Waals surface area contributed by atoms with Gasteiger partial charge in [-0.2, -0.15) is 0 Å². The van der Waals surface area contributed by atoms with Gasteiger partial charge in [0.05, 0.1) is 5.52 Å². The van der Waals surface area contributed by atoms with Crippen LogP contribution >= 0.6 is 11.3 Å². The molecule has 2 heterocycles. The highest BCUT2D eigenvalue weighted by Gasteiger charge is 2.12. The number of benzene rings is 1. The molecule has 19 heavy (non-hydrogen) atoms. The summed E-state index contributed by atoms with van der Waals surface area (Å²) in [7, 11) is 0. The number of esters is 1. The van der Waals surface area contributed by atoms with E-state index in [0.717, 1.165) is 0 Å². The van der Waals surface area contributed by atoms with Crippen LogP contribution in [-0.2, 0) is 0 Å². The number of fused-ring (bicyclic) bond motifs is 1. The van der Waals surface area contributed by atoms with E-state index in [1.807, 2.05) is 12.1 Å². The van der Waals surface area contributed by atoms with Crippen LogP contribution < -0.4 is 10.3 Å². The van der Waals surface area contributed by atoms with Crippen molar-refractivity contribution in [1.29, 1.82) is 0 Å². The second-order valence-electron chi connectivity index (χ2n) is 3.91. The van der Waals surface area contributed by atoms with E-state index in [1.165, 1.54) is 17.4 Å². The Morgan fingerprint density at radius 2 is 2.00 bits per heavy atom. The summed E-state index contributed by atoms with van der Waals surface area (Å²) in [4.78, 5) is 26.6. The number of rotatable bonds is 2. The third-order valence-corrected chi connectivity index (χ3v) is 3.49. The topological polar surface area (TPSA) is 59.2 Å². The molecule has 4 nitrogen and oxygen atoms in total. The molecule has 0 aliphatic heterocycles. The van der Waals surface area contributed by atoms with E-state index in [-0.39, 0.29) is 11.3 Å². The molecule has 3 rings (SSSR count). The fourth-order valence-electron chi connectivity index (χ4n) is 1.80. The molecule has 0 saturated heterocycles. The first-order valence-corrected chi connectivity index (χ1v) is 6.50. The van der Waals surface area contributed by atoms with Crippen LogP contribution in [0.4, 0.5) is 0 Å². The highest BCUT2D eigenvalue weighted by atomic mass is 32.1. The van der Waals surface area contributed by atoms with Gasteiger partial charge in [-0.1, -0.05) is 18.2 Å². The molecule has 0 atom stereocenters. The molecule has 0 saturated carbocycles. The van der Waals surface area contributed by atoms with Gasteiger partial charge in [-0.3, -0.25) is 4.79 Å². The van der Waals surface area contributed by atoms with Gasteiger partial charge in [0.1, 0.15) is 10.6 Å². The number of H-pyrrole nitrogens is 1. The fraction of sp³-hybridized carbons (Fsp3) is 0. The molecule has 94 valence electrons. The zero-order chi connectivity index (χ0) is 13.2. The van der Waals surface area contributed by atoms with Crippen molar-refractivity contribution in [2.24, 2.45) is 0 Å². The molecule has 1 aromatic carbocycles. The van der Waals surface area contributed by atoms with Crippen molar-refractivity contribution in [2.75, 3.05) is 0 Å². The summed E-state index contributed by atoms with van der Waals surface area (Å²) in [5, 5.41) is 2.50. The molecule has 0 radical (unpaired) electrons. The molecule has 0 aliphatic carbocycles. The minimum absolute atomic E-state index is 0.276. The van der Waals surface area contributed by atoms with Crippen molar-refractivity contribution in [3.05, 3.63) is 63.1 Å². The van der Waals surface area contributed by atoms with Gasteiger partial charge < -0.3 is 9.72 Å². The van der Waals surface area contributed by atoms with Gasteiger partial charge in [-0.05, 0) is 23.6 Å². The predicted molar refractivity (Wildman–Crippen MR) is 73.8 cm³/mol. The fourth-order valence-corrected chi connectivity index (χ4v) is 2.40. The van der Waals surface area contributed by atoms with Crippen molar-refractivity contribution < 1.29 is 9.53 Å². The van der Waals surface area contributed by atoms with E-state index in [1.54, 1.807) is 29.6 Å². The molecular weight excluding hydrogens is 262 g/mol. The van der Waals surface area contributed by atoms with Crippen LogP contribution in [0.3, 0.4) is 0 Å². The molecule has 0 unspecified atom stereocenters. The van der Waals surface area contributed by atoms with Gasteiger partial charge in [-0.15, -0.1) is 11.3 Å². The molecule has 0 amide bonds. The number of thiophene rings is 1. The summed E-state index contributed by atoms with van der Waals surface area (Å²) in [5.41, 5.74) is 0.344. The number of pyridine rings is 1. The minimum Gasteiger partial charge on any atom is -0.421 e. The summed E-state index contributed by atoms with van der Waals surface area (Å²) in [6.07, 6.45) is 0. The van der Waals surface area contributed by atoms with Gasteiger partial charge in [0, 0.05) is 11.5 Å². The van der Waals surface area contributed by atoms with Gasteiger partial charge >= 0.3 is 5.97 Å². The number of para-hydroxylation sites is 1. The Bertz CT molecular complexity index is 790. The SMILES string of the molecule is O=C(Oc1cc(=O)[nH]c2ccccc12)c1cccs1. The summed E-state index contributed by atoms with van der Waals surface area (Å²) in [5.74, 6) is -0.177. The lowest BCUT2D eigenvalue weighted by Gasteiger charge is -2.06. The molecule has 0 spiro atoms. The number of aromatic nitrogens is 1. The summed E-state index contributed by atoms with van der Waals surface area (Å²) in [6, 6.07) is 11.9. The largest absolute Gasteiger partial charge is 0.421 e. The highest BCUT2D eigenvalue weighted by molar-refractivity contribution is 7.12.